The SMILES string of the molecule is C/C=C1\N=C(c2ccc(C)cc2)OC1=O. The minimum absolute atomic E-state index is 0.366. The largest absolute Gasteiger partial charge is 0.402 e. The van der Waals surface area contributed by atoms with Gasteiger partial charge >= 0.3 is 5.97 Å². The van der Waals surface area contributed by atoms with Crippen LogP contribution in [-0.4, -0.2) is 11.9 Å². The molecule has 0 aliphatic carbocycles. The molecule has 1 aliphatic heterocycles. The molecule has 0 spiro atoms. The van der Waals surface area contributed by atoms with E-state index in [1.54, 1.807) is 13.0 Å². The van der Waals surface area contributed by atoms with Crippen molar-refractivity contribution in [2.45, 2.75) is 13.8 Å². The van der Waals surface area contributed by atoms with E-state index < -0.39 is 0 Å². The zero-order chi connectivity index (χ0) is 10.8. The monoisotopic (exact) mass is 201 g/mol. The highest BCUT2D eigenvalue weighted by atomic mass is 16.6. The summed E-state index contributed by atoms with van der Waals surface area (Å²) in [7, 11) is 0. The Labute approximate surface area is 88.1 Å². The van der Waals surface area contributed by atoms with E-state index in [-0.39, 0.29) is 5.97 Å². The third kappa shape index (κ3) is 1.81. The smallest absolute Gasteiger partial charge is 0.363 e. The van der Waals surface area contributed by atoms with Gasteiger partial charge in [0.1, 0.15) is 5.70 Å². The molecule has 0 fully saturated rings. The molecule has 1 heterocycles. The molecule has 2 rings (SSSR count). The fourth-order valence-corrected chi connectivity index (χ4v) is 1.32. The summed E-state index contributed by atoms with van der Waals surface area (Å²) in [5.41, 5.74) is 2.35. The van der Waals surface area contributed by atoms with Crippen LogP contribution in [0.5, 0.6) is 0 Å². The van der Waals surface area contributed by atoms with Crippen LogP contribution in [0.15, 0.2) is 41.0 Å². The molecule has 0 saturated carbocycles. The zero-order valence-corrected chi connectivity index (χ0v) is 8.65. The van der Waals surface area contributed by atoms with Gasteiger partial charge in [-0.1, -0.05) is 23.8 Å². The third-order valence-electron chi connectivity index (χ3n) is 2.19. The summed E-state index contributed by atoms with van der Waals surface area (Å²) in [4.78, 5) is 15.3. The van der Waals surface area contributed by atoms with E-state index in [2.05, 4.69) is 4.99 Å². The van der Waals surface area contributed by atoms with E-state index in [0.29, 0.717) is 11.6 Å². The lowest BCUT2D eigenvalue weighted by molar-refractivity contribution is -0.130. The van der Waals surface area contributed by atoms with Crippen LogP contribution in [0.2, 0.25) is 0 Å². The van der Waals surface area contributed by atoms with E-state index >= 15 is 0 Å². The molecule has 1 aliphatic rings. The van der Waals surface area contributed by atoms with Gasteiger partial charge in [0.05, 0.1) is 0 Å². The number of hydrogen-bond donors (Lipinski definition) is 0. The fraction of sp³-hybridized carbons (Fsp3) is 0.167. The Morgan fingerprint density at radius 2 is 1.93 bits per heavy atom. The molecule has 0 N–H and O–H groups in total. The maximum atomic E-state index is 11.3. The summed E-state index contributed by atoms with van der Waals surface area (Å²) < 4.78 is 5.03. The van der Waals surface area contributed by atoms with Crippen LogP contribution in [0.4, 0.5) is 0 Å². The average molecular weight is 201 g/mol. The summed E-state index contributed by atoms with van der Waals surface area (Å²) in [6.07, 6.45) is 1.64. The van der Waals surface area contributed by atoms with Gasteiger partial charge in [0, 0.05) is 5.56 Å². The molecule has 0 unspecified atom stereocenters. The van der Waals surface area contributed by atoms with Crippen LogP contribution in [-0.2, 0) is 9.53 Å². The molecule has 1 aromatic rings. The first kappa shape index (κ1) is 9.65. The first-order valence-electron chi connectivity index (χ1n) is 4.75. The van der Waals surface area contributed by atoms with Crippen molar-refractivity contribution < 1.29 is 9.53 Å². The number of cyclic esters (lactones) is 1. The molecule has 15 heavy (non-hydrogen) atoms. The van der Waals surface area contributed by atoms with Gasteiger partial charge in [-0.05, 0) is 26.0 Å². The van der Waals surface area contributed by atoms with Crippen molar-refractivity contribution in [1.29, 1.82) is 0 Å². The number of aryl methyl sites for hydroxylation is 1. The van der Waals surface area contributed by atoms with Crippen molar-refractivity contribution in [2.75, 3.05) is 0 Å². The first-order chi connectivity index (χ1) is 7.20. The van der Waals surface area contributed by atoms with Gasteiger partial charge in [-0.25, -0.2) is 9.79 Å². The number of nitrogens with zero attached hydrogens (tertiary/aromatic N) is 1. The Morgan fingerprint density at radius 3 is 2.47 bits per heavy atom. The van der Waals surface area contributed by atoms with Gasteiger partial charge in [-0.2, -0.15) is 0 Å². The summed E-state index contributed by atoms with van der Waals surface area (Å²) in [6.45, 7) is 3.77. The van der Waals surface area contributed by atoms with E-state index in [0.717, 1.165) is 11.1 Å². The van der Waals surface area contributed by atoms with Crippen LogP contribution in [0.25, 0.3) is 0 Å². The highest BCUT2D eigenvalue weighted by molar-refractivity contribution is 6.11. The second-order valence-corrected chi connectivity index (χ2v) is 3.35. The van der Waals surface area contributed by atoms with Gasteiger partial charge < -0.3 is 4.74 Å². The number of aliphatic imine (C=N–C) groups is 1. The molecule has 1 aromatic carbocycles. The number of rotatable bonds is 1. The first-order valence-corrected chi connectivity index (χ1v) is 4.75. The van der Waals surface area contributed by atoms with Crippen LogP contribution in [0, 0.1) is 6.92 Å². The minimum Gasteiger partial charge on any atom is -0.402 e. The highest BCUT2D eigenvalue weighted by Gasteiger charge is 2.22. The van der Waals surface area contributed by atoms with Crippen molar-refractivity contribution in [3.05, 3.63) is 47.2 Å². The Balaban J connectivity index is 2.34. The molecular formula is C12H11NO2. The Kier molecular flexibility index (Phi) is 2.37. The molecule has 3 heteroatoms. The van der Waals surface area contributed by atoms with Gasteiger partial charge in [0.25, 0.3) is 0 Å². The van der Waals surface area contributed by atoms with Crippen molar-refractivity contribution in [2.24, 2.45) is 4.99 Å². The molecule has 3 nitrogen and oxygen atoms in total. The second-order valence-electron chi connectivity index (χ2n) is 3.35. The second kappa shape index (κ2) is 3.69. The zero-order valence-electron chi connectivity index (χ0n) is 8.65. The van der Waals surface area contributed by atoms with Crippen molar-refractivity contribution in [1.82, 2.24) is 0 Å². The fourth-order valence-electron chi connectivity index (χ4n) is 1.32. The predicted octanol–water partition coefficient (Wildman–Crippen LogP) is 2.20. The number of carbonyl (C=O) groups is 1. The van der Waals surface area contributed by atoms with E-state index in [9.17, 15) is 4.79 Å². The van der Waals surface area contributed by atoms with Crippen molar-refractivity contribution in [3.8, 4) is 0 Å². The number of esters is 1. The van der Waals surface area contributed by atoms with Gasteiger partial charge in [0.15, 0.2) is 0 Å². The number of allylic oxidation sites excluding steroid dienone is 1. The van der Waals surface area contributed by atoms with Crippen molar-refractivity contribution in [3.63, 3.8) is 0 Å². The summed E-state index contributed by atoms with van der Waals surface area (Å²) in [6, 6.07) is 7.69. The van der Waals surface area contributed by atoms with Crippen LogP contribution in [0.3, 0.4) is 0 Å². The lowest BCUT2D eigenvalue weighted by Crippen LogP contribution is -2.05. The Morgan fingerprint density at radius 1 is 1.27 bits per heavy atom. The van der Waals surface area contributed by atoms with Gasteiger partial charge in [-0.15, -0.1) is 0 Å². The maximum absolute atomic E-state index is 11.3. The highest BCUT2D eigenvalue weighted by Crippen LogP contribution is 2.16. The molecule has 0 bridgehead atoms. The normalized spacial score (nSPS) is 17.9. The number of hydrogen-bond acceptors (Lipinski definition) is 3. The standard InChI is InChI=1S/C12H11NO2/c1-3-10-12(14)15-11(13-10)9-6-4-8(2)5-7-9/h3-7H,1-2H3/b10-3-. The summed E-state index contributed by atoms with van der Waals surface area (Å²) >= 11 is 0. The lowest BCUT2D eigenvalue weighted by Gasteiger charge is -1.99. The van der Waals surface area contributed by atoms with Crippen LogP contribution >= 0.6 is 0 Å². The Hall–Kier alpha value is -1.90. The molecule has 0 saturated heterocycles. The quantitative estimate of drug-likeness (QED) is 0.516. The average Bonchev–Trinajstić information content (AvgIpc) is 2.61. The maximum Gasteiger partial charge on any atom is 0.363 e. The third-order valence-corrected chi connectivity index (χ3v) is 2.19. The summed E-state index contributed by atoms with van der Waals surface area (Å²) in [5, 5.41) is 0. The number of benzene rings is 1. The molecular weight excluding hydrogens is 190 g/mol. The number of carbonyl (C=O) groups excluding carboxylic acids is 1. The minimum atomic E-state index is -0.381. The van der Waals surface area contributed by atoms with Crippen LogP contribution < -0.4 is 0 Å². The molecule has 0 amide bonds. The molecule has 0 radical (unpaired) electrons. The van der Waals surface area contributed by atoms with Crippen LogP contribution in [0.1, 0.15) is 18.1 Å². The topological polar surface area (TPSA) is 38.7 Å². The summed E-state index contributed by atoms with van der Waals surface area (Å²) in [5.74, 6) is 0.00109. The molecule has 76 valence electrons. The van der Waals surface area contributed by atoms with Gasteiger partial charge in [0.2, 0.25) is 5.90 Å². The molecule has 0 aromatic heterocycles. The van der Waals surface area contributed by atoms with E-state index in [1.165, 1.54) is 0 Å². The molecule has 0 atom stereocenters. The van der Waals surface area contributed by atoms with Crippen molar-refractivity contribution >= 4 is 11.9 Å². The van der Waals surface area contributed by atoms with Gasteiger partial charge in [-0.3, -0.25) is 0 Å². The predicted molar refractivity (Wildman–Crippen MR) is 57.6 cm³/mol. The van der Waals surface area contributed by atoms with E-state index in [4.69, 9.17) is 4.74 Å². The Bertz CT molecular complexity index is 455. The number of ether oxygens (including phenoxy) is 1. The lowest BCUT2D eigenvalue weighted by atomic mass is 10.1. The van der Waals surface area contributed by atoms with E-state index in [1.807, 2.05) is 31.2 Å².